The monoisotopic (exact) mass is 518 g/mol. The molecule has 4 rings (SSSR count). The van der Waals surface area contributed by atoms with Gasteiger partial charge in [0.2, 0.25) is 11.8 Å². The van der Waals surface area contributed by atoms with Crippen LogP contribution in [0.3, 0.4) is 0 Å². The van der Waals surface area contributed by atoms with E-state index in [0.717, 1.165) is 38.5 Å². The van der Waals surface area contributed by atoms with Gasteiger partial charge >= 0.3 is 5.97 Å². The third-order valence-electron chi connectivity index (χ3n) is 8.85. The van der Waals surface area contributed by atoms with Crippen molar-refractivity contribution in [2.45, 2.75) is 93.3 Å². The van der Waals surface area contributed by atoms with Crippen LogP contribution in [-0.4, -0.2) is 80.6 Å². The highest BCUT2D eigenvalue weighted by atomic mass is 32.2. The van der Waals surface area contributed by atoms with Gasteiger partial charge in [-0.15, -0.1) is 24.9 Å². The number of fused-ring (bicyclic) bond motifs is 1. The molecular formula is C28H42N2O5S. The number of nitrogens with zero attached hydrogens (tertiary/aromatic N) is 2. The molecule has 0 aromatic heterocycles. The lowest BCUT2D eigenvalue weighted by molar-refractivity contribution is -0.155. The molecule has 3 saturated heterocycles. The molecule has 7 atom stereocenters. The number of likely N-dealkylation sites (tertiary alicyclic amines) is 1. The summed E-state index contributed by atoms with van der Waals surface area (Å²) in [5.74, 6) is -1.65. The molecule has 1 spiro atoms. The minimum absolute atomic E-state index is 0.0368. The van der Waals surface area contributed by atoms with E-state index in [-0.39, 0.29) is 41.6 Å². The summed E-state index contributed by atoms with van der Waals surface area (Å²) in [4.78, 5) is 45.4. The summed E-state index contributed by atoms with van der Waals surface area (Å²) in [5.41, 5.74) is 0. The summed E-state index contributed by atoms with van der Waals surface area (Å²) in [7, 11) is 0. The molecule has 200 valence electrons. The van der Waals surface area contributed by atoms with Crippen LogP contribution in [0.4, 0.5) is 0 Å². The molecule has 4 fully saturated rings. The zero-order valence-corrected chi connectivity index (χ0v) is 22.6. The molecule has 1 N–H and O–H groups in total. The van der Waals surface area contributed by atoms with E-state index in [4.69, 9.17) is 4.74 Å². The SMILES string of the molecule is C=CCCCOC(=O)[C@@H]1[C@H]2C(=O)N([C@H](C)CO)C(C(=O)N(CC=C)C3CCCCC3)C23S[C@@H]1CC3C. The van der Waals surface area contributed by atoms with Gasteiger partial charge in [0.15, 0.2) is 0 Å². The van der Waals surface area contributed by atoms with Crippen LogP contribution in [0.1, 0.15) is 65.2 Å². The lowest BCUT2D eigenvalue weighted by atomic mass is 9.66. The second-order valence-corrected chi connectivity index (χ2v) is 12.5. The average Bonchev–Trinajstić information content (AvgIpc) is 3.48. The quantitative estimate of drug-likeness (QED) is 0.256. The van der Waals surface area contributed by atoms with Crippen molar-refractivity contribution in [3.05, 3.63) is 25.3 Å². The number of carbonyl (C=O) groups excluding carboxylic acids is 3. The molecule has 3 aliphatic heterocycles. The number of unbranched alkanes of at least 4 members (excludes halogenated alkanes) is 1. The third kappa shape index (κ3) is 4.42. The smallest absolute Gasteiger partial charge is 0.310 e. The summed E-state index contributed by atoms with van der Waals surface area (Å²) in [5, 5.41) is 10.1. The van der Waals surface area contributed by atoms with E-state index < -0.39 is 28.7 Å². The molecule has 0 radical (unpaired) electrons. The first-order valence-corrected chi connectivity index (χ1v) is 14.5. The van der Waals surface area contributed by atoms with E-state index in [2.05, 4.69) is 20.1 Å². The lowest BCUT2D eigenvalue weighted by Crippen LogP contribution is -2.60. The van der Waals surface area contributed by atoms with Crippen LogP contribution in [0.15, 0.2) is 25.3 Å². The van der Waals surface area contributed by atoms with Crippen molar-refractivity contribution in [3.8, 4) is 0 Å². The number of amides is 2. The number of aliphatic hydroxyl groups is 1. The van der Waals surface area contributed by atoms with Gasteiger partial charge in [-0.1, -0.05) is 38.3 Å². The van der Waals surface area contributed by atoms with Crippen LogP contribution >= 0.6 is 11.8 Å². The van der Waals surface area contributed by atoms with E-state index in [1.54, 1.807) is 35.7 Å². The minimum Gasteiger partial charge on any atom is -0.465 e. The summed E-state index contributed by atoms with van der Waals surface area (Å²) >= 11 is 1.66. The molecular weight excluding hydrogens is 476 g/mol. The Hall–Kier alpha value is -1.80. The second-order valence-electron chi connectivity index (χ2n) is 11.0. The zero-order valence-electron chi connectivity index (χ0n) is 21.8. The normalized spacial score (nSPS) is 34.4. The van der Waals surface area contributed by atoms with Crippen molar-refractivity contribution in [2.75, 3.05) is 19.8 Å². The predicted octanol–water partition coefficient (Wildman–Crippen LogP) is 3.56. The van der Waals surface area contributed by atoms with Gasteiger partial charge in [0.05, 0.1) is 35.8 Å². The molecule has 36 heavy (non-hydrogen) atoms. The predicted molar refractivity (Wildman–Crippen MR) is 141 cm³/mol. The van der Waals surface area contributed by atoms with Crippen LogP contribution < -0.4 is 0 Å². The van der Waals surface area contributed by atoms with E-state index in [9.17, 15) is 19.5 Å². The summed E-state index contributed by atoms with van der Waals surface area (Å²) in [6.07, 6.45) is 11.1. The fourth-order valence-electron chi connectivity index (χ4n) is 7.17. The van der Waals surface area contributed by atoms with Crippen molar-refractivity contribution in [2.24, 2.45) is 17.8 Å². The van der Waals surface area contributed by atoms with Crippen molar-refractivity contribution >= 4 is 29.5 Å². The van der Waals surface area contributed by atoms with Crippen LogP contribution in [-0.2, 0) is 19.1 Å². The Morgan fingerprint density at radius 3 is 2.64 bits per heavy atom. The van der Waals surface area contributed by atoms with E-state index in [1.165, 1.54) is 6.42 Å². The first-order chi connectivity index (χ1) is 17.3. The Bertz CT molecular complexity index is 874. The van der Waals surface area contributed by atoms with Gasteiger partial charge in [0.1, 0.15) is 6.04 Å². The second kappa shape index (κ2) is 11.3. The number of ether oxygens (including phenoxy) is 1. The highest BCUT2D eigenvalue weighted by Crippen LogP contribution is 2.69. The molecule has 0 aromatic rings. The third-order valence-corrected chi connectivity index (χ3v) is 10.9. The Labute approximate surface area is 219 Å². The van der Waals surface area contributed by atoms with Gasteiger partial charge < -0.3 is 19.6 Å². The van der Waals surface area contributed by atoms with Gasteiger partial charge in [-0.3, -0.25) is 14.4 Å². The van der Waals surface area contributed by atoms with Gasteiger partial charge in [-0.25, -0.2) is 0 Å². The van der Waals surface area contributed by atoms with E-state index >= 15 is 0 Å². The number of carbonyl (C=O) groups is 3. The summed E-state index contributed by atoms with van der Waals surface area (Å²) in [6.45, 7) is 12.0. The van der Waals surface area contributed by atoms with Crippen molar-refractivity contribution in [1.29, 1.82) is 0 Å². The van der Waals surface area contributed by atoms with Crippen LogP contribution in [0.5, 0.6) is 0 Å². The topological polar surface area (TPSA) is 87.1 Å². The molecule has 3 unspecified atom stereocenters. The maximum absolute atomic E-state index is 14.5. The maximum Gasteiger partial charge on any atom is 0.310 e. The van der Waals surface area contributed by atoms with Crippen LogP contribution in [0.25, 0.3) is 0 Å². The Kier molecular flexibility index (Phi) is 8.55. The fraction of sp³-hybridized carbons (Fsp3) is 0.750. The van der Waals surface area contributed by atoms with Gasteiger partial charge in [0.25, 0.3) is 0 Å². The Balaban J connectivity index is 1.70. The number of thioether (sulfide) groups is 1. The molecule has 1 saturated carbocycles. The standard InChI is InChI=1S/C28H42N2O5S/c1-5-7-11-15-35-27(34)22-21-16-18(3)28(36-21)23(22)25(32)30(19(4)17-31)24(28)26(33)29(14-6-2)20-12-9-8-10-13-20/h5-6,18-24,31H,1-2,7-17H2,3-4H3/t18?,19-,21-,22+,23+,24?,28?/m1/s1. The molecule has 1 aliphatic carbocycles. The molecule has 7 nitrogen and oxygen atoms in total. The number of esters is 1. The minimum atomic E-state index is -0.706. The zero-order chi connectivity index (χ0) is 26.0. The van der Waals surface area contributed by atoms with Crippen LogP contribution in [0.2, 0.25) is 0 Å². The Morgan fingerprint density at radius 2 is 2.00 bits per heavy atom. The van der Waals surface area contributed by atoms with E-state index in [1.807, 2.05) is 4.90 Å². The summed E-state index contributed by atoms with van der Waals surface area (Å²) in [6, 6.07) is -1.09. The van der Waals surface area contributed by atoms with Crippen molar-refractivity contribution < 1.29 is 24.2 Å². The van der Waals surface area contributed by atoms with E-state index in [0.29, 0.717) is 19.6 Å². The van der Waals surface area contributed by atoms with Gasteiger partial charge in [0, 0.05) is 17.8 Å². The first kappa shape index (κ1) is 27.2. The molecule has 2 amide bonds. The number of allylic oxidation sites excluding steroid dienone is 1. The lowest BCUT2D eigenvalue weighted by Gasteiger charge is -2.43. The number of aliphatic hydroxyl groups excluding tert-OH is 1. The molecule has 0 aromatic carbocycles. The van der Waals surface area contributed by atoms with Crippen molar-refractivity contribution in [1.82, 2.24) is 9.80 Å². The van der Waals surface area contributed by atoms with Crippen LogP contribution in [0, 0.1) is 17.8 Å². The largest absolute Gasteiger partial charge is 0.465 e. The molecule has 8 heteroatoms. The highest BCUT2D eigenvalue weighted by Gasteiger charge is 2.77. The average molecular weight is 519 g/mol. The number of rotatable bonds is 11. The fourth-order valence-corrected chi connectivity index (χ4v) is 9.56. The Morgan fingerprint density at radius 1 is 1.28 bits per heavy atom. The van der Waals surface area contributed by atoms with Gasteiger partial charge in [-0.2, -0.15) is 0 Å². The summed E-state index contributed by atoms with van der Waals surface area (Å²) < 4.78 is 4.95. The molecule has 3 heterocycles. The van der Waals surface area contributed by atoms with Gasteiger partial charge in [-0.05, 0) is 44.9 Å². The number of hydrogen-bond donors (Lipinski definition) is 1. The maximum atomic E-state index is 14.5. The number of hydrogen-bond acceptors (Lipinski definition) is 6. The highest BCUT2D eigenvalue weighted by molar-refractivity contribution is 8.02. The van der Waals surface area contributed by atoms with Crippen molar-refractivity contribution in [3.63, 3.8) is 0 Å². The molecule has 4 aliphatic rings. The molecule has 2 bridgehead atoms. The first-order valence-electron chi connectivity index (χ1n) is 13.6.